The highest BCUT2D eigenvalue weighted by molar-refractivity contribution is 6.04. The molecule has 1 atom stereocenters. The van der Waals surface area contributed by atoms with Gasteiger partial charge in [0, 0.05) is 10.9 Å². The predicted octanol–water partition coefficient (Wildman–Crippen LogP) is 4.12. The lowest BCUT2D eigenvalue weighted by molar-refractivity contribution is -0.145. The van der Waals surface area contributed by atoms with E-state index in [1.54, 1.807) is 62.4 Å². The molecule has 1 N–H and O–H groups in total. The average Bonchev–Trinajstić information content (AvgIpc) is 2.95. The van der Waals surface area contributed by atoms with Crippen molar-refractivity contribution >= 4 is 22.9 Å². The van der Waals surface area contributed by atoms with E-state index in [0.717, 1.165) is 0 Å². The number of carboxylic acids is 1. The zero-order valence-electron chi connectivity index (χ0n) is 14.4. The molecule has 2 aromatic carbocycles. The van der Waals surface area contributed by atoms with Crippen LogP contribution in [0.15, 0.2) is 52.9 Å². The molecule has 0 aliphatic carbocycles. The van der Waals surface area contributed by atoms with E-state index in [0.29, 0.717) is 33.6 Å². The molecule has 0 saturated heterocycles. The number of carbonyl (C=O) groups is 2. The van der Waals surface area contributed by atoms with Crippen LogP contribution in [0.4, 0.5) is 0 Å². The minimum absolute atomic E-state index is 0.246. The highest BCUT2D eigenvalue weighted by Gasteiger charge is 2.24. The zero-order chi connectivity index (χ0) is 18.7. The van der Waals surface area contributed by atoms with Crippen LogP contribution in [0.1, 0.15) is 34.7 Å². The Bertz CT molecular complexity index is 942. The lowest BCUT2D eigenvalue weighted by Crippen LogP contribution is -2.18. The van der Waals surface area contributed by atoms with Crippen LogP contribution in [-0.4, -0.2) is 23.7 Å². The Kier molecular flexibility index (Phi) is 4.93. The van der Waals surface area contributed by atoms with Crippen molar-refractivity contribution in [1.82, 2.24) is 0 Å². The van der Waals surface area contributed by atoms with Gasteiger partial charge in [-0.05, 0) is 32.0 Å². The fraction of sp³-hybridized carbons (Fsp3) is 0.200. The first kappa shape index (κ1) is 17.5. The van der Waals surface area contributed by atoms with Crippen LogP contribution in [0.25, 0.3) is 11.0 Å². The van der Waals surface area contributed by atoms with Gasteiger partial charge in [-0.25, -0.2) is 9.59 Å². The number of aliphatic carboxylic acids is 1. The van der Waals surface area contributed by atoms with Crippen molar-refractivity contribution in [2.75, 3.05) is 6.61 Å². The molecule has 0 saturated carbocycles. The van der Waals surface area contributed by atoms with Gasteiger partial charge in [0.1, 0.15) is 22.7 Å². The van der Waals surface area contributed by atoms with Gasteiger partial charge in [0.2, 0.25) is 6.10 Å². The van der Waals surface area contributed by atoms with Crippen LogP contribution in [0.2, 0.25) is 0 Å². The number of aryl methyl sites for hydroxylation is 1. The Labute approximate surface area is 149 Å². The molecule has 0 spiro atoms. The summed E-state index contributed by atoms with van der Waals surface area (Å²) < 4.78 is 16.3. The monoisotopic (exact) mass is 354 g/mol. The van der Waals surface area contributed by atoms with Gasteiger partial charge in [-0.3, -0.25) is 0 Å². The summed E-state index contributed by atoms with van der Waals surface area (Å²) in [7, 11) is 0. The Hall–Kier alpha value is -3.28. The lowest BCUT2D eigenvalue weighted by Gasteiger charge is -2.15. The molecule has 6 nitrogen and oxygen atoms in total. The maximum absolute atomic E-state index is 12.2. The van der Waals surface area contributed by atoms with Crippen molar-refractivity contribution in [3.05, 3.63) is 65.4 Å². The van der Waals surface area contributed by atoms with Crippen LogP contribution < -0.4 is 4.74 Å². The van der Waals surface area contributed by atoms with E-state index in [-0.39, 0.29) is 6.61 Å². The van der Waals surface area contributed by atoms with Crippen molar-refractivity contribution in [3.8, 4) is 5.75 Å². The molecule has 1 unspecified atom stereocenters. The molecular formula is C20H18O6. The van der Waals surface area contributed by atoms with Gasteiger partial charge >= 0.3 is 11.9 Å². The molecule has 26 heavy (non-hydrogen) atoms. The van der Waals surface area contributed by atoms with E-state index >= 15 is 0 Å². The van der Waals surface area contributed by atoms with Crippen molar-refractivity contribution in [3.63, 3.8) is 0 Å². The summed E-state index contributed by atoms with van der Waals surface area (Å²) in [5.41, 5.74) is 1.34. The third-order valence-corrected chi connectivity index (χ3v) is 3.90. The second kappa shape index (κ2) is 7.31. The molecule has 6 heteroatoms. The fourth-order valence-electron chi connectivity index (χ4n) is 2.75. The number of hydrogen-bond acceptors (Lipinski definition) is 5. The molecule has 0 radical (unpaired) electrons. The highest BCUT2D eigenvalue weighted by Crippen LogP contribution is 2.31. The molecule has 1 heterocycles. The number of fused-ring (bicyclic) bond motifs is 1. The van der Waals surface area contributed by atoms with Gasteiger partial charge in [0.05, 0.1) is 6.61 Å². The van der Waals surface area contributed by atoms with E-state index in [4.69, 9.17) is 13.9 Å². The number of esters is 1. The number of furan rings is 1. The third-order valence-electron chi connectivity index (χ3n) is 3.90. The minimum Gasteiger partial charge on any atom is -0.478 e. The molecule has 0 fully saturated rings. The minimum atomic E-state index is -1.16. The van der Waals surface area contributed by atoms with Crippen molar-refractivity contribution in [1.29, 1.82) is 0 Å². The van der Waals surface area contributed by atoms with Crippen LogP contribution >= 0.6 is 0 Å². The van der Waals surface area contributed by atoms with Gasteiger partial charge < -0.3 is 19.0 Å². The van der Waals surface area contributed by atoms with E-state index < -0.39 is 18.0 Å². The van der Waals surface area contributed by atoms with E-state index in [2.05, 4.69) is 0 Å². The number of benzene rings is 2. The van der Waals surface area contributed by atoms with Gasteiger partial charge in [-0.2, -0.15) is 0 Å². The fourth-order valence-corrected chi connectivity index (χ4v) is 2.75. The van der Waals surface area contributed by atoms with Crippen LogP contribution in [-0.2, 0) is 9.53 Å². The molecule has 134 valence electrons. The molecule has 0 aliphatic rings. The predicted molar refractivity (Wildman–Crippen MR) is 94.4 cm³/mol. The van der Waals surface area contributed by atoms with Gasteiger partial charge in [-0.1, -0.05) is 30.3 Å². The first-order chi connectivity index (χ1) is 12.5. The van der Waals surface area contributed by atoms with Crippen molar-refractivity contribution in [2.24, 2.45) is 0 Å². The standard InChI is InChI=1S/C20H18O6/c1-3-24-20(23)17-12(2)25-16-10-9-14(11-15(16)17)26-18(19(21)22)13-7-5-4-6-8-13/h4-11,18H,3H2,1-2H3,(H,21,22). The Morgan fingerprint density at radius 3 is 2.54 bits per heavy atom. The normalized spacial score (nSPS) is 11.9. The molecule has 1 aromatic heterocycles. The SMILES string of the molecule is CCOC(=O)c1c(C)oc2ccc(OC(C(=O)O)c3ccccc3)cc12. The summed E-state index contributed by atoms with van der Waals surface area (Å²) >= 11 is 0. The maximum atomic E-state index is 12.2. The number of hydrogen-bond donors (Lipinski definition) is 1. The average molecular weight is 354 g/mol. The van der Waals surface area contributed by atoms with Crippen LogP contribution in [0, 0.1) is 6.92 Å². The topological polar surface area (TPSA) is 86.0 Å². The molecule has 0 aliphatic heterocycles. The van der Waals surface area contributed by atoms with Gasteiger partial charge in [0.25, 0.3) is 0 Å². The quantitative estimate of drug-likeness (QED) is 0.670. The van der Waals surface area contributed by atoms with Crippen molar-refractivity contribution in [2.45, 2.75) is 20.0 Å². The number of ether oxygens (including phenoxy) is 2. The maximum Gasteiger partial charge on any atom is 0.349 e. The summed E-state index contributed by atoms with van der Waals surface area (Å²) in [6.45, 7) is 3.65. The molecule has 0 bridgehead atoms. The summed E-state index contributed by atoms with van der Waals surface area (Å²) in [5.74, 6) is -0.836. The second-order valence-corrected chi connectivity index (χ2v) is 5.66. The van der Waals surface area contributed by atoms with Gasteiger partial charge in [-0.15, -0.1) is 0 Å². The number of carbonyl (C=O) groups excluding carboxylic acids is 1. The Balaban J connectivity index is 1.99. The van der Waals surface area contributed by atoms with Crippen LogP contribution in [0.5, 0.6) is 5.75 Å². The first-order valence-electron chi connectivity index (χ1n) is 8.16. The summed E-state index contributed by atoms with van der Waals surface area (Å²) in [6.07, 6.45) is -1.16. The van der Waals surface area contributed by atoms with E-state index in [9.17, 15) is 14.7 Å². The summed E-state index contributed by atoms with van der Waals surface area (Å²) in [6, 6.07) is 13.5. The second-order valence-electron chi connectivity index (χ2n) is 5.66. The first-order valence-corrected chi connectivity index (χ1v) is 8.16. The molecule has 3 rings (SSSR count). The van der Waals surface area contributed by atoms with Crippen molar-refractivity contribution < 1.29 is 28.6 Å². The Morgan fingerprint density at radius 2 is 1.88 bits per heavy atom. The molecule has 3 aromatic rings. The molecular weight excluding hydrogens is 336 g/mol. The summed E-state index contributed by atoms with van der Waals surface area (Å²) in [4.78, 5) is 23.8. The number of carboxylic acid groups (broad SMARTS) is 1. The largest absolute Gasteiger partial charge is 0.478 e. The Morgan fingerprint density at radius 1 is 1.15 bits per heavy atom. The summed E-state index contributed by atoms with van der Waals surface area (Å²) in [5, 5.41) is 10.0. The van der Waals surface area contributed by atoms with Gasteiger partial charge in [0.15, 0.2) is 0 Å². The molecule has 0 amide bonds. The van der Waals surface area contributed by atoms with E-state index in [1.165, 1.54) is 0 Å². The third kappa shape index (κ3) is 3.39. The van der Waals surface area contributed by atoms with E-state index in [1.807, 2.05) is 0 Å². The van der Waals surface area contributed by atoms with Crippen LogP contribution in [0.3, 0.4) is 0 Å². The number of rotatable bonds is 6. The zero-order valence-corrected chi connectivity index (χ0v) is 14.4. The smallest absolute Gasteiger partial charge is 0.349 e. The highest BCUT2D eigenvalue weighted by atomic mass is 16.5. The lowest BCUT2D eigenvalue weighted by atomic mass is 10.1.